The smallest absolute Gasteiger partial charge is 0.123 e. The Labute approximate surface area is 126 Å². The Morgan fingerprint density at radius 3 is 2.64 bits per heavy atom. The molecule has 3 aromatic rings. The van der Waals surface area contributed by atoms with Crippen LogP contribution < -0.4 is 10.1 Å². The Kier molecular flexibility index (Phi) is 3.58. The van der Waals surface area contributed by atoms with Gasteiger partial charge in [-0.2, -0.15) is 5.26 Å². The molecule has 5 heteroatoms. The molecule has 0 bridgehead atoms. The first kappa shape index (κ1) is 13.8. The third-order valence-corrected chi connectivity index (χ3v) is 3.31. The fraction of sp³-hybridized carbons (Fsp3) is 0.0588. The van der Waals surface area contributed by atoms with Crippen LogP contribution in [0.15, 0.2) is 48.7 Å². The zero-order valence-electron chi connectivity index (χ0n) is 11.8. The fourth-order valence-corrected chi connectivity index (χ4v) is 2.20. The quantitative estimate of drug-likeness (QED) is 0.793. The highest BCUT2D eigenvalue weighted by Crippen LogP contribution is 2.30. The Bertz CT molecular complexity index is 869. The Morgan fingerprint density at radius 2 is 1.95 bits per heavy atom. The number of ether oxygens (including phenoxy) is 1. The van der Waals surface area contributed by atoms with E-state index in [9.17, 15) is 9.65 Å². The third kappa shape index (κ3) is 2.54. The zero-order chi connectivity index (χ0) is 15.5. The number of fused-ring (bicyclic) bond motifs is 1. The lowest BCUT2D eigenvalue weighted by atomic mass is 10.1. The molecular formula is C17H12FN3O. The zero-order valence-corrected chi connectivity index (χ0v) is 11.8. The molecule has 0 atom stereocenters. The predicted molar refractivity (Wildman–Crippen MR) is 82.7 cm³/mol. The Morgan fingerprint density at radius 1 is 1.18 bits per heavy atom. The summed E-state index contributed by atoms with van der Waals surface area (Å²) >= 11 is 0. The summed E-state index contributed by atoms with van der Waals surface area (Å²) in [7, 11) is 1.59. The van der Waals surface area contributed by atoms with Crippen LogP contribution in [0.5, 0.6) is 5.75 Å². The van der Waals surface area contributed by atoms with E-state index in [4.69, 9.17) is 4.74 Å². The molecule has 0 aliphatic carbocycles. The second kappa shape index (κ2) is 5.70. The van der Waals surface area contributed by atoms with Crippen molar-refractivity contribution in [3.8, 4) is 11.8 Å². The molecule has 1 aromatic heterocycles. The van der Waals surface area contributed by atoms with Gasteiger partial charge >= 0.3 is 0 Å². The molecule has 1 N–H and O–H groups in total. The van der Waals surface area contributed by atoms with Crippen molar-refractivity contribution in [2.75, 3.05) is 12.4 Å². The van der Waals surface area contributed by atoms with Crippen LogP contribution in [0.25, 0.3) is 10.9 Å². The van der Waals surface area contributed by atoms with Crippen LogP contribution >= 0.6 is 0 Å². The number of pyridine rings is 1. The van der Waals surface area contributed by atoms with Gasteiger partial charge in [-0.1, -0.05) is 0 Å². The number of hydrogen-bond acceptors (Lipinski definition) is 4. The fourth-order valence-electron chi connectivity index (χ4n) is 2.20. The molecule has 22 heavy (non-hydrogen) atoms. The highest BCUT2D eigenvalue weighted by atomic mass is 19.1. The molecule has 0 saturated heterocycles. The number of benzene rings is 2. The third-order valence-electron chi connectivity index (χ3n) is 3.31. The molecule has 3 rings (SSSR count). The van der Waals surface area contributed by atoms with Gasteiger partial charge in [-0.15, -0.1) is 0 Å². The van der Waals surface area contributed by atoms with Gasteiger partial charge in [0.05, 0.1) is 23.9 Å². The molecular weight excluding hydrogens is 281 g/mol. The topological polar surface area (TPSA) is 57.9 Å². The molecule has 0 amide bonds. The molecule has 0 radical (unpaired) electrons. The van der Waals surface area contributed by atoms with Crippen molar-refractivity contribution < 1.29 is 9.13 Å². The lowest BCUT2D eigenvalue weighted by Gasteiger charge is -2.12. The Balaban J connectivity index is 2.13. The van der Waals surface area contributed by atoms with Gasteiger partial charge in [-0.25, -0.2) is 4.39 Å². The largest absolute Gasteiger partial charge is 0.497 e. The van der Waals surface area contributed by atoms with E-state index in [1.54, 1.807) is 31.4 Å². The van der Waals surface area contributed by atoms with Crippen LogP contribution in [-0.2, 0) is 0 Å². The minimum Gasteiger partial charge on any atom is -0.497 e. The molecule has 0 aliphatic rings. The molecule has 1 heterocycles. The molecule has 0 saturated carbocycles. The van der Waals surface area contributed by atoms with E-state index < -0.39 is 0 Å². The summed E-state index contributed by atoms with van der Waals surface area (Å²) in [5.74, 6) is 0.382. The van der Waals surface area contributed by atoms with Gasteiger partial charge < -0.3 is 10.1 Å². The number of hydrogen-bond donors (Lipinski definition) is 1. The van der Waals surface area contributed by atoms with Crippen molar-refractivity contribution in [3.05, 3.63) is 60.0 Å². The van der Waals surface area contributed by atoms with Gasteiger partial charge in [0.15, 0.2) is 0 Å². The van der Waals surface area contributed by atoms with E-state index in [1.165, 1.54) is 18.3 Å². The normalized spacial score (nSPS) is 10.2. The molecule has 0 spiro atoms. The first-order chi connectivity index (χ1) is 10.7. The Hall–Kier alpha value is -3.13. The second-order valence-electron chi connectivity index (χ2n) is 4.67. The minimum atomic E-state index is -0.310. The number of rotatable bonds is 3. The maximum absolute atomic E-state index is 13.0. The van der Waals surface area contributed by atoms with Crippen LogP contribution in [0.4, 0.5) is 15.8 Å². The summed E-state index contributed by atoms with van der Waals surface area (Å²) in [6.07, 6.45) is 1.51. The number of nitrogens with zero attached hydrogens (tertiary/aromatic N) is 2. The van der Waals surface area contributed by atoms with Gasteiger partial charge in [0.2, 0.25) is 0 Å². The first-order valence-electron chi connectivity index (χ1n) is 6.60. The molecule has 4 nitrogen and oxygen atoms in total. The lowest BCUT2D eigenvalue weighted by Crippen LogP contribution is -1.97. The first-order valence-corrected chi connectivity index (χ1v) is 6.60. The maximum atomic E-state index is 13.0. The van der Waals surface area contributed by atoms with Crippen molar-refractivity contribution in [2.24, 2.45) is 0 Å². The lowest BCUT2D eigenvalue weighted by molar-refractivity contribution is 0.415. The number of nitrogens with one attached hydrogen (secondary N) is 1. The molecule has 0 unspecified atom stereocenters. The van der Waals surface area contributed by atoms with E-state index in [0.717, 1.165) is 5.39 Å². The summed E-state index contributed by atoms with van der Waals surface area (Å²) < 4.78 is 18.2. The highest BCUT2D eigenvalue weighted by molar-refractivity contribution is 5.96. The van der Waals surface area contributed by atoms with Crippen molar-refractivity contribution >= 4 is 22.3 Å². The summed E-state index contributed by atoms with van der Waals surface area (Å²) in [5, 5.41) is 13.2. The van der Waals surface area contributed by atoms with Crippen molar-refractivity contribution in [3.63, 3.8) is 0 Å². The van der Waals surface area contributed by atoms with Crippen molar-refractivity contribution in [1.29, 1.82) is 5.26 Å². The van der Waals surface area contributed by atoms with E-state index in [-0.39, 0.29) is 5.82 Å². The maximum Gasteiger partial charge on any atom is 0.123 e. The van der Waals surface area contributed by atoms with E-state index in [0.29, 0.717) is 28.2 Å². The standard InChI is InChI=1S/C17H12FN3O/c1-22-14-6-7-15-16(8-14)20-10-11(9-19)17(15)21-13-4-2-12(18)3-5-13/h2-8,10H,1H3,(H,20,21). The number of aromatic nitrogens is 1. The molecule has 0 fully saturated rings. The number of anilines is 2. The molecule has 2 aromatic carbocycles. The summed E-state index contributed by atoms with van der Waals surface area (Å²) in [5.41, 5.74) is 2.47. The average molecular weight is 293 g/mol. The van der Waals surface area contributed by atoms with Crippen LogP contribution in [0.1, 0.15) is 5.56 Å². The number of nitriles is 1. The van der Waals surface area contributed by atoms with Gasteiger partial charge in [-0.05, 0) is 36.4 Å². The van der Waals surface area contributed by atoms with Crippen LogP contribution in [-0.4, -0.2) is 12.1 Å². The van der Waals surface area contributed by atoms with Crippen LogP contribution in [0.3, 0.4) is 0 Å². The minimum absolute atomic E-state index is 0.310. The van der Waals surface area contributed by atoms with Crippen LogP contribution in [0.2, 0.25) is 0 Å². The predicted octanol–water partition coefficient (Wildman–Crippen LogP) is 4.00. The van der Waals surface area contributed by atoms with E-state index in [2.05, 4.69) is 16.4 Å². The van der Waals surface area contributed by atoms with E-state index in [1.807, 2.05) is 6.07 Å². The summed E-state index contributed by atoms with van der Waals surface area (Å²) in [6.45, 7) is 0. The van der Waals surface area contributed by atoms with Gasteiger partial charge in [0.1, 0.15) is 17.6 Å². The SMILES string of the molecule is COc1ccc2c(Nc3ccc(F)cc3)c(C#N)cnc2c1. The van der Waals surface area contributed by atoms with Gasteiger partial charge in [0, 0.05) is 23.3 Å². The van der Waals surface area contributed by atoms with Gasteiger partial charge in [-0.3, -0.25) is 4.98 Å². The van der Waals surface area contributed by atoms with Gasteiger partial charge in [0.25, 0.3) is 0 Å². The monoisotopic (exact) mass is 293 g/mol. The van der Waals surface area contributed by atoms with Crippen molar-refractivity contribution in [2.45, 2.75) is 0 Å². The average Bonchev–Trinajstić information content (AvgIpc) is 2.56. The number of methoxy groups -OCH3 is 1. The summed E-state index contributed by atoms with van der Waals surface area (Å²) in [4.78, 5) is 4.27. The molecule has 108 valence electrons. The van der Waals surface area contributed by atoms with E-state index >= 15 is 0 Å². The molecule has 0 aliphatic heterocycles. The number of halogens is 1. The second-order valence-corrected chi connectivity index (χ2v) is 4.67. The van der Waals surface area contributed by atoms with Crippen LogP contribution in [0, 0.1) is 17.1 Å². The highest BCUT2D eigenvalue weighted by Gasteiger charge is 2.10. The van der Waals surface area contributed by atoms with Crippen molar-refractivity contribution in [1.82, 2.24) is 4.98 Å². The summed E-state index contributed by atoms with van der Waals surface area (Å²) in [6, 6.07) is 13.5.